The van der Waals surface area contributed by atoms with Crippen molar-refractivity contribution in [2.75, 3.05) is 25.0 Å². The third-order valence-corrected chi connectivity index (χ3v) is 4.85. The Hall–Kier alpha value is -3.72. The van der Waals surface area contributed by atoms with Crippen LogP contribution in [0.3, 0.4) is 0 Å². The van der Waals surface area contributed by atoms with Crippen LogP contribution in [0.4, 0.5) is 29.1 Å². The monoisotopic (exact) mass is 487 g/mol. The summed E-state index contributed by atoms with van der Waals surface area (Å²) >= 11 is 0. The zero-order chi connectivity index (χ0) is 25.0. The predicted molar refractivity (Wildman–Crippen MR) is 106 cm³/mol. The number of amides is 1. The van der Waals surface area contributed by atoms with Crippen LogP contribution in [0.25, 0.3) is 10.4 Å². The smallest absolute Gasteiger partial charge is 0.351 e. The molecule has 2 heterocycles. The fourth-order valence-electron chi connectivity index (χ4n) is 3.19. The Labute approximate surface area is 187 Å². The summed E-state index contributed by atoms with van der Waals surface area (Å²) in [7, 11) is 0. The summed E-state index contributed by atoms with van der Waals surface area (Å²) in [5, 5.41) is 26.1. The van der Waals surface area contributed by atoms with Crippen molar-refractivity contribution >= 4 is 17.4 Å². The van der Waals surface area contributed by atoms with Gasteiger partial charge in [0.1, 0.15) is 29.4 Å². The predicted octanol–water partition coefficient (Wildman–Crippen LogP) is 1.22. The van der Waals surface area contributed by atoms with E-state index in [4.69, 9.17) is 15.4 Å². The topological polar surface area (TPSA) is 174 Å². The Morgan fingerprint density at radius 1 is 1.26 bits per heavy atom. The first-order chi connectivity index (χ1) is 16.2. The average Bonchev–Trinajstić information content (AvgIpc) is 3.18. The molecule has 0 radical (unpaired) electrons. The molecule has 0 saturated carbocycles. The SMILES string of the molecule is [N-]=[N+]=Nc1c(F)c(F)c(C(=O)NCCNc2ccn([C@H]3C[C@H](O)[C@@H](CO)O3)c(=O)n2)c(F)c1F. The summed E-state index contributed by atoms with van der Waals surface area (Å²) in [6.07, 6.45) is -1.20. The number of aromatic nitrogens is 2. The van der Waals surface area contributed by atoms with Crippen LogP contribution in [0.2, 0.25) is 0 Å². The second kappa shape index (κ2) is 10.5. The number of aliphatic hydroxyl groups is 2. The van der Waals surface area contributed by atoms with Gasteiger partial charge in [0.05, 0.1) is 12.7 Å². The first-order valence-corrected chi connectivity index (χ1v) is 9.66. The lowest BCUT2D eigenvalue weighted by Crippen LogP contribution is -2.32. The summed E-state index contributed by atoms with van der Waals surface area (Å²) in [5.41, 5.74) is 4.42. The normalized spacial score (nSPS) is 19.5. The largest absolute Gasteiger partial charge is 0.394 e. The zero-order valence-electron chi connectivity index (χ0n) is 17.1. The summed E-state index contributed by atoms with van der Waals surface area (Å²) in [5.74, 6) is -9.50. The van der Waals surface area contributed by atoms with Crippen molar-refractivity contribution in [1.82, 2.24) is 14.9 Å². The molecule has 3 atom stereocenters. The third-order valence-electron chi connectivity index (χ3n) is 4.85. The van der Waals surface area contributed by atoms with Gasteiger partial charge in [-0.25, -0.2) is 22.4 Å². The highest BCUT2D eigenvalue weighted by Crippen LogP contribution is 2.30. The van der Waals surface area contributed by atoms with Gasteiger partial charge in [0.25, 0.3) is 5.91 Å². The van der Waals surface area contributed by atoms with E-state index in [9.17, 15) is 32.3 Å². The molecule has 3 rings (SSSR count). The maximum absolute atomic E-state index is 14.0. The minimum absolute atomic E-state index is 0.0703. The highest BCUT2D eigenvalue weighted by atomic mass is 19.2. The van der Waals surface area contributed by atoms with Crippen molar-refractivity contribution in [3.8, 4) is 0 Å². The highest BCUT2D eigenvalue weighted by Gasteiger charge is 2.35. The molecule has 0 spiro atoms. The minimum Gasteiger partial charge on any atom is -0.394 e. The van der Waals surface area contributed by atoms with Gasteiger partial charge in [-0.3, -0.25) is 9.36 Å². The van der Waals surface area contributed by atoms with Gasteiger partial charge in [-0.05, 0) is 11.6 Å². The molecule has 16 heteroatoms. The third kappa shape index (κ3) is 4.94. The van der Waals surface area contributed by atoms with Gasteiger partial charge in [0.15, 0.2) is 23.3 Å². The van der Waals surface area contributed by atoms with Gasteiger partial charge in [-0.15, -0.1) is 0 Å². The molecule has 1 aliphatic heterocycles. The van der Waals surface area contributed by atoms with Gasteiger partial charge in [-0.1, -0.05) is 5.11 Å². The summed E-state index contributed by atoms with van der Waals surface area (Å²) in [6.45, 7) is -0.811. The van der Waals surface area contributed by atoms with Gasteiger partial charge >= 0.3 is 5.69 Å². The number of aliphatic hydroxyl groups excluding tert-OH is 2. The second-order valence-electron chi connectivity index (χ2n) is 6.97. The minimum atomic E-state index is -2.03. The second-order valence-corrected chi connectivity index (χ2v) is 6.97. The number of carbonyl (C=O) groups is 1. The number of carbonyl (C=O) groups excluding carboxylic acids is 1. The molecule has 182 valence electrons. The van der Waals surface area contributed by atoms with E-state index in [2.05, 4.69) is 20.3 Å². The molecule has 0 unspecified atom stereocenters. The van der Waals surface area contributed by atoms with Crippen molar-refractivity contribution in [3.05, 3.63) is 62.0 Å². The molecular formula is C18H17F4N7O5. The standard InChI is InChI=1S/C18H17F4N7O5/c19-12-11(13(20)15(22)16(14(12)21)27-28-23)17(32)25-3-2-24-9-1-4-29(18(33)26-9)10-5-7(31)8(6-30)34-10/h1,4,7-8,10,30-31H,2-3,5-6H2,(H,25,32)(H,24,26,33)/t7-,8+,10+/m0/s1. The van der Waals surface area contributed by atoms with E-state index in [-0.39, 0.29) is 25.3 Å². The molecule has 1 aliphatic rings. The molecule has 1 saturated heterocycles. The lowest BCUT2D eigenvalue weighted by molar-refractivity contribution is -0.0458. The number of nitrogens with zero attached hydrogens (tertiary/aromatic N) is 5. The van der Waals surface area contributed by atoms with E-state index in [0.717, 1.165) is 4.57 Å². The van der Waals surface area contributed by atoms with Crippen LogP contribution < -0.4 is 16.3 Å². The molecule has 0 aliphatic carbocycles. The number of ether oxygens (including phenoxy) is 1. The fourth-order valence-corrected chi connectivity index (χ4v) is 3.19. The Balaban J connectivity index is 1.60. The first-order valence-electron chi connectivity index (χ1n) is 9.66. The molecule has 34 heavy (non-hydrogen) atoms. The molecule has 0 bridgehead atoms. The average molecular weight is 487 g/mol. The molecule has 1 fully saturated rings. The molecule has 1 aromatic carbocycles. The Morgan fingerprint density at radius 3 is 2.50 bits per heavy atom. The fraction of sp³-hybridized carbons (Fsp3) is 0.389. The number of rotatable bonds is 8. The lowest BCUT2D eigenvalue weighted by atomic mass is 10.1. The molecule has 1 amide bonds. The van der Waals surface area contributed by atoms with Gasteiger partial charge in [-0.2, -0.15) is 4.98 Å². The highest BCUT2D eigenvalue weighted by molar-refractivity contribution is 5.95. The van der Waals surface area contributed by atoms with Gasteiger partial charge in [0.2, 0.25) is 0 Å². The van der Waals surface area contributed by atoms with Crippen LogP contribution in [-0.2, 0) is 4.74 Å². The van der Waals surface area contributed by atoms with E-state index >= 15 is 0 Å². The molecular weight excluding hydrogens is 470 g/mol. The molecule has 1 aromatic heterocycles. The maximum Gasteiger partial charge on any atom is 0.351 e. The van der Waals surface area contributed by atoms with E-state index < -0.39 is 71.2 Å². The first kappa shape index (κ1) is 24.9. The molecule has 4 N–H and O–H groups in total. The van der Waals surface area contributed by atoms with Crippen LogP contribution in [0.15, 0.2) is 22.2 Å². The number of nitrogens with one attached hydrogen (secondary N) is 2. The zero-order valence-corrected chi connectivity index (χ0v) is 17.1. The van der Waals surface area contributed by atoms with Gasteiger partial charge in [0, 0.05) is 30.6 Å². The number of halogens is 4. The number of azide groups is 1. The summed E-state index contributed by atoms with van der Waals surface area (Å²) < 4.78 is 62.1. The number of hydrogen-bond acceptors (Lipinski definition) is 8. The maximum atomic E-state index is 14.0. The Kier molecular flexibility index (Phi) is 7.68. The Bertz CT molecular complexity index is 1170. The van der Waals surface area contributed by atoms with Crippen LogP contribution in [-0.4, -0.2) is 57.6 Å². The van der Waals surface area contributed by atoms with Crippen molar-refractivity contribution in [2.24, 2.45) is 5.11 Å². The van der Waals surface area contributed by atoms with Crippen molar-refractivity contribution in [3.63, 3.8) is 0 Å². The van der Waals surface area contributed by atoms with E-state index in [1.165, 1.54) is 12.3 Å². The van der Waals surface area contributed by atoms with Crippen molar-refractivity contribution < 1.29 is 37.3 Å². The van der Waals surface area contributed by atoms with Crippen molar-refractivity contribution in [1.29, 1.82) is 0 Å². The molecule has 2 aromatic rings. The quantitative estimate of drug-likeness (QED) is 0.108. The van der Waals surface area contributed by atoms with Crippen LogP contribution >= 0.6 is 0 Å². The van der Waals surface area contributed by atoms with Gasteiger partial charge < -0.3 is 25.6 Å². The number of hydrogen-bond donors (Lipinski definition) is 4. The van der Waals surface area contributed by atoms with E-state index in [0.29, 0.717) is 0 Å². The van der Waals surface area contributed by atoms with Crippen molar-refractivity contribution in [2.45, 2.75) is 24.9 Å². The van der Waals surface area contributed by atoms with Crippen LogP contribution in [0.5, 0.6) is 0 Å². The van der Waals surface area contributed by atoms with Crippen LogP contribution in [0.1, 0.15) is 23.0 Å². The van der Waals surface area contributed by atoms with E-state index in [1.54, 1.807) is 0 Å². The van der Waals surface area contributed by atoms with E-state index in [1.807, 2.05) is 5.32 Å². The molecule has 12 nitrogen and oxygen atoms in total. The summed E-state index contributed by atoms with van der Waals surface area (Å²) in [6, 6.07) is 1.38. The number of benzene rings is 1. The number of anilines is 1. The Morgan fingerprint density at radius 2 is 1.94 bits per heavy atom. The summed E-state index contributed by atoms with van der Waals surface area (Å²) in [4.78, 5) is 30.0. The lowest BCUT2D eigenvalue weighted by Gasteiger charge is -2.15. The van der Waals surface area contributed by atoms with Crippen LogP contribution in [0, 0.1) is 23.3 Å².